The van der Waals surface area contributed by atoms with E-state index < -0.39 is 0 Å². The van der Waals surface area contributed by atoms with Crippen LogP contribution in [-0.4, -0.2) is 32.0 Å². The highest BCUT2D eigenvalue weighted by Gasteiger charge is 2.28. The second-order valence-corrected chi connectivity index (χ2v) is 4.79. The monoisotopic (exact) mass is 213 g/mol. The summed E-state index contributed by atoms with van der Waals surface area (Å²) >= 11 is 0. The first-order chi connectivity index (χ1) is 7.40. The maximum absolute atomic E-state index is 6.13. The molecule has 3 atom stereocenters. The van der Waals surface area contributed by atoms with Crippen LogP contribution in [0, 0.1) is 5.92 Å². The molecular formula is C12H23NO2. The van der Waals surface area contributed by atoms with E-state index in [4.69, 9.17) is 15.2 Å². The maximum Gasteiger partial charge on any atom is 0.0813 e. The van der Waals surface area contributed by atoms with E-state index >= 15 is 0 Å². The Bertz CT molecular complexity index is 180. The van der Waals surface area contributed by atoms with Crippen LogP contribution < -0.4 is 5.73 Å². The van der Waals surface area contributed by atoms with Crippen LogP contribution >= 0.6 is 0 Å². The second-order valence-electron chi connectivity index (χ2n) is 4.79. The van der Waals surface area contributed by atoms with Gasteiger partial charge in [-0.1, -0.05) is 12.8 Å². The molecule has 0 aromatic rings. The minimum Gasteiger partial charge on any atom is -0.379 e. The summed E-state index contributed by atoms with van der Waals surface area (Å²) in [4.78, 5) is 0. The Balaban J connectivity index is 1.79. The van der Waals surface area contributed by atoms with Crippen LogP contribution in [0.4, 0.5) is 0 Å². The fourth-order valence-electron chi connectivity index (χ4n) is 2.69. The van der Waals surface area contributed by atoms with Crippen LogP contribution in [0.2, 0.25) is 0 Å². The predicted molar refractivity (Wildman–Crippen MR) is 59.7 cm³/mol. The van der Waals surface area contributed by atoms with Gasteiger partial charge >= 0.3 is 0 Å². The van der Waals surface area contributed by atoms with Crippen molar-refractivity contribution >= 4 is 0 Å². The molecule has 1 aliphatic heterocycles. The van der Waals surface area contributed by atoms with Crippen LogP contribution in [0.5, 0.6) is 0 Å². The van der Waals surface area contributed by atoms with Gasteiger partial charge in [0.15, 0.2) is 0 Å². The number of hydrogen-bond acceptors (Lipinski definition) is 3. The first-order valence-electron chi connectivity index (χ1n) is 6.33. The SMILES string of the molecule is NCC1CCCCC1OC1CCCOC1. The summed E-state index contributed by atoms with van der Waals surface area (Å²) in [6, 6.07) is 0. The summed E-state index contributed by atoms with van der Waals surface area (Å²) in [5.41, 5.74) is 5.79. The second kappa shape index (κ2) is 5.83. The lowest BCUT2D eigenvalue weighted by Crippen LogP contribution is -2.38. The van der Waals surface area contributed by atoms with E-state index in [1.165, 1.54) is 25.7 Å². The van der Waals surface area contributed by atoms with Gasteiger partial charge in [-0.05, 0) is 38.1 Å². The van der Waals surface area contributed by atoms with Crippen molar-refractivity contribution < 1.29 is 9.47 Å². The molecule has 0 spiro atoms. The van der Waals surface area contributed by atoms with Crippen LogP contribution in [0.15, 0.2) is 0 Å². The minimum atomic E-state index is 0.330. The Morgan fingerprint density at radius 3 is 2.73 bits per heavy atom. The van der Waals surface area contributed by atoms with Crippen molar-refractivity contribution in [2.45, 2.75) is 50.7 Å². The molecule has 2 aliphatic rings. The van der Waals surface area contributed by atoms with Gasteiger partial charge in [-0.25, -0.2) is 0 Å². The molecule has 0 aromatic carbocycles. The van der Waals surface area contributed by atoms with Gasteiger partial charge in [0.25, 0.3) is 0 Å². The van der Waals surface area contributed by atoms with E-state index in [1.807, 2.05) is 0 Å². The van der Waals surface area contributed by atoms with Gasteiger partial charge in [0, 0.05) is 6.61 Å². The smallest absolute Gasteiger partial charge is 0.0813 e. The van der Waals surface area contributed by atoms with Gasteiger partial charge in [0.1, 0.15) is 0 Å². The largest absolute Gasteiger partial charge is 0.379 e. The molecule has 1 saturated heterocycles. The summed E-state index contributed by atoms with van der Waals surface area (Å²) in [6.45, 7) is 2.47. The zero-order valence-electron chi connectivity index (χ0n) is 9.49. The fraction of sp³-hybridized carbons (Fsp3) is 1.00. The zero-order valence-corrected chi connectivity index (χ0v) is 9.49. The molecule has 0 amide bonds. The third-order valence-corrected chi connectivity index (χ3v) is 3.63. The van der Waals surface area contributed by atoms with Gasteiger partial charge in [-0.3, -0.25) is 0 Å². The summed E-state index contributed by atoms with van der Waals surface area (Å²) in [6.07, 6.45) is 8.09. The van der Waals surface area contributed by atoms with Crippen LogP contribution in [0.3, 0.4) is 0 Å². The summed E-state index contributed by atoms with van der Waals surface area (Å²) in [5.74, 6) is 0.584. The molecule has 2 N–H and O–H groups in total. The molecule has 3 nitrogen and oxygen atoms in total. The number of rotatable bonds is 3. The first kappa shape index (κ1) is 11.4. The maximum atomic E-state index is 6.13. The van der Waals surface area contributed by atoms with E-state index in [0.29, 0.717) is 18.1 Å². The zero-order chi connectivity index (χ0) is 10.5. The molecule has 1 aliphatic carbocycles. The molecule has 2 fully saturated rings. The molecular weight excluding hydrogens is 190 g/mol. The molecule has 3 unspecified atom stereocenters. The fourth-order valence-corrected chi connectivity index (χ4v) is 2.69. The Morgan fingerprint density at radius 1 is 1.13 bits per heavy atom. The molecule has 1 saturated carbocycles. The van der Waals surface area contributed by atoms with E-state index in [9.17, 15) is 0 Å². The number of hydrogen-bond donors (Lipinski definition) is 1. The van der Waals surface area contributed by atoms with Crippen LogP contribution in [-0.2, 0) is 9.47 Å². The lowest BCUT2D eigenvalue weighted by molar-refractivity contribution is -0.109. The third-order valence-electron chi connectivity index (χ3n) is 3.63. The lowest BCUT2D eigenvalue weighted by atomic mass is 9.86. The average molecular weight is 213 g/mol. The van der Waals surface area contributed by atoms with Crippen LogP contribution in [0.25, 0.3) is 0 Å². The molecule has 0 radical (unpaired) electrons. The summed E-state index contributed by atoms with van der Waals surface area (Å²) in [7, 11) is 0. The Labute approximate surface area is 92.3 Å². The number of nitrogens with two attached hydrogens (primary N) is 1. The summed E-state index contributed by atoms with van der Waals surface area (Å²) < 4.78 is 11.6. The number of ether oxygens (including phenoxy) is 2. The first-order valence-corrected chi connectivity index (χ1v) is 6.33. The highest BCUT2D eigenvalue weighted by Crippen LogP contribution is 2.28. The van der Waals surface area contributed by atoms with E-state index in [-0.39, 0.29) is 0 Å². The van der Waals surface area contributed by atoms with Crippen molar-refractivity contribution in [1.82, 2.24) is 0 Å². The van der Waals surface area contributed by atoms with Crippen LogP contribution in [0.1, 0.15) is 38.5 Å². The topological polar surface area (TPSA) is 44.5 Å². The quantitative estimate of drug-likeness (QED) is 0.776. The molecule has 88 valence electrons. The predicted octanol–water partition coefficient (Wildman–Crippen LogP) is 1.70. The highest BCUT2D eigenvalue weighted by molar-refractivity contribution is 4.78. The van der Waals surface area contributed by atoms with Crippen molar-refractivity contribution in [3.63, 3.8) is 0 Å². The average Bonchev–Trinajstić information content (AvgIpc) is 2.31. The molecule has 3 heteroatoms. The summed E-state index contributed by atoms with van der Waals surface area (Å²) in [5, 5.41) is 0. The van der Waals surface area contributed by atoms with Crippen molar-refractivity contribution in [3.05, 3.63) is 0 Å². The highest BCUT2D eigenvalue weighted by atomic mass is 16.5. The molecule has 0 bridgehead atoms. The van der Waals surface area contributed by atoms with Gasteiger partial charge < -0.3 is 15.2 Å². The molecule has 2 rings (SSSR count). The standard InChI is InChI=1S/C12H23NO2/c13-8-10-4-1-2-6-12(10)15-11-5-3-7-14-9-11/h10-12H,1-9,13H2. The van der Waals surface area contributed by atoms with Crippen molar-refractivity contribution in [2.75, 3.05) is 19.8 Å². The van der Waals surface area contributed by atoms with E-state index in [1.54, 1.807) is 0 Å². The normalized spacial score (nSPS) is 37.8. The van der Waals surface area contributed by atoms with Crippen molar-refractivity contribution in [2.24, 2.45) is 11.7 Å². The Kier molecular flexibility index (Phi) is 4.42. The minimum absolute atomic E-state index is 0.330. The Morgan fingerprint density at radius 2 is 2.00 bits per heavy atom. The van der Waals surface area contributed by atoms with E-state index in [2.05, 4.69) is 0 Å². The van der Waals surface area contributed by atoms with Crippen molar-refractivity contribution in [1.29, 1.82) is 0 Å². The van der Waals surface area contributed by atoms with Gasteiger partial charge in [-0.15, -0.1) is 0 Å². The molecule has 0 aromatic heterocycles. The van der Waals surface area contributed by atoms with Gasteiger partial charge in [-0.2, -0.15) is 0 Å². The van der Waals surface area contributed by atoms with E-state index in [0.717, 1.165) is 32.6 Å². The molecule has 15 heavy (non-hydrogen) atoms. The third kappa shape index (κ3) is 3.16. The van der Waals surface area contributed by atoms with Gasteiger partial charge in [0.05, 0.1) is 18.8 Å². The molecule has 1 heterocycles. The Hall–Kier alpha value is -0.120. The lowest BCUT2D eigenvalue weighted by Gasteiger charge is -2.34. The van der Waals surface area contributed by atoms with Gasteiger partial charge in [0.2, 0.25) is 0 Å². The van der Waals surface area contributed by atoms with Crippen molar-refractivity contribution in [3.8, 4) is 0 Å².